The second kappa shape index (κ2) is 8.69. The van der Waals surface area contributed by atoms with Crippen LogP contribution in [0.2, 0.25) is 0 Å². The molecule has 3 aromatic rings. The molecule has 0 bridgehead atoms. The molecule has 33 heavy (non-hydrogen) atoms. The van der Waals surface area contributed by atoms with E-state index >= 15 is 0 Å². The monoisotopic (exact) mass is 450 g/mol. The number of rotatable bonds is 6. The first kappa shape index (κ1) is 23.1. The van der Waals surface area contributed by atoms with Crippen LogP contribution in [-0.2, 0) is 20.7 Å². The lowest BCUT2D eigenvalue weighted by Gasteiger charge is -2.32. The molecule has 0 aliphatic carbocycles. The van der Waals surface area contributed by atoms with Gasteiger partial charge >= 0.3 is 18.7 Å². The van der Waals surface area contributed by atoms with E-state index < -0.39 is 18.7 Å². The molecule has 2 aromatic carbocycles. The summed E-state index contributed by atoms with van der Waals surface area (Å²) < 4.78 is 28.2. The van der Waals surface area contributed by atoms with Crippen molar-refractivity contribution in [3.05, 3.63) is 70.1 Å². The van der Waals surface area contributed by atoms with E-state index in [-0.39, 0.29) is 23.4 Å². The second-order valence-electron chi connectivity index (χ2n) is 8.99. The van der Waals surface area contributed by atoms with Gasteiger partial charge in [-0.15, -0.1) is 0 Å². The van der Waals surface area contributed by atoms with Gasteiger partial charge in [0.25, 0.3) is 0 Å². The standard InChI is InChI=1S/C25H27BO7/c1-6-29-22(27)20-13-17-9-12-19(14-21(17)31-23(20)28)30-15-16-7-10-18(11-8-16)26-32-24(2,3)25(4,5)33-26/h7-14H,6,15H2,1-5H3. The summed E-state index contributed by atoms with van der Waals surface area (Å²) in [6.07, 6.45) is 0. The van der Waals surface area contributed by atoms with Gasteiger partial charge < -0.3 is 23.2 Å². The Morgan fingerprint density at radius 2 is 1.64 bits per heavy atom. The number of benzene rings is 2. The van der Waals surface area contributed by atoms with Crippen LogP contribution >= 0.6 is 0 Å². The number of esters is 1. The molecule has 1 saturated heterocycles. The summed E-state index contributed by atoms with van der Waals surface area (Å²) >= 11 is 0. The molecule has 1 aliphatic heterocycles. The fraction of sp³-hybridized carbons (Fsp3) is 0.360. The van der Waals surface area contributed by atoms with Gasteiger partial charge in [0, 0.05) is 11.5 Å². The third-order valence-electron chi connectivity index (χ3n) is 6.11. The molecule has 0 radical (unpaired) electrons. The van der Waals surface area contributed by atoms with Gasteiger partial charge in [-0.05, 0) is 63.8 Å². The third-order valence-corrected chi connectivity index (χ3v) is 6.11. The van der Waals surface area contributed by atoms with Crippen molar-refractivity contribution in [3.8, 4) is 5.75 Å². The molecule has 0 amide bonds. The van der Waals surface area contributed by atoms with Gasteiger partial charge in [0.15, 0.2) is 0 Å². The Hall–Kier alpha value is -3.10. The SMILES string of the molecule is CCOC(=O)c1cc2ccc(OCc3ccc(B4OC(C)(C)C(C)(C)O4)cc3)cc2oc1=O. The van der Waals surface area contributed by atoms with Gasteiger partial charge in [-0.1, -0.05) is 24.3 Å². The Morgan fingerprint density at radius 1 is 0.970 bits per heavy atom. The van der Waals surface area contributed by atoms with Crippen LogP contribution in [0.4, 0.5) is 0 Å². The Labute approximate surface area is 192 Å². The maximum absolute atomic E-state index is 12.1. The third kappa shape index (κ3) is 4.67. The lowest BCUT2D eigenvalue weighted by molar-refractivity contribution is 0.00578. The number of fused-ring (bicyclic) bond motifs is 1. The van der Waals surface area contributed by atoms with Gasteiger partial charge in [0.2, 0.25) is 0 Å². The van der Waals surface area contributed by atoms with Crippen molar-refractivity contribution in [2.24, 2.45) is 0 Å². The fourth-order valence-electron chi connectivity index (χ4n) is 3.45. The molecular formula is C25H27BO7. The van der Waals surface area contributed by atoms with Crippen LogP contribution in [0.3, 0.4) is 0 Å². The summed E-state index contributed by atoms with van der Waals surface area (Å²) in [6.45, 7) is 10.3. The van der Waals surface area contributed by atoms with E-state index in [1.165, 1.54) is 6.07 Å². The minimum absolute atomic E-state index is 0.125. The molecule has 1 aliphatic rings. The van der Waals surface area contributed by atoms with E-state index in [0.717, 1.165) is 11.0 Å². The van der Waals surface area contributed by atoms with Crippen LogP contribution in [0.15, 0.2) is 57.7 Å². The van der Waals surface area contributed by atoms with Gasteiger partial charge in [0.05, 0.1) is 17.8 Å². The first-order valence-electron chi connectivity index (χ1n) is 10.9. The van der Waals surface area contributed by atoms with E-state index in [0.29, 0.717) is 23.3 Å². The summed E-state index contributed by atoms with van der Waals surface area (Å²) in [5, 5.41) is 0.608. The highest BCUT2D eigenvalue weighted by atomic mass is 16.7. The van der Waals surface area contributed by atoms with Gasteiger partial charge in [-0.3, -0.25) is 0 Å². The quantitative estimate of drug-likeness (QED) is 0.321. The molecule has 7 nitrogen and oxygen atoms in total. The summed E-state index contributed by atoms with van der Waals surface area (Å²) in [5.74, 6) is -0.151. The first-order valence-corrected chi connectivity index (χ1v) is 10.9. The fourth-order valence-corrected chi connectivity index (χ4v) is 3.45. The van der Waals surface area contributed by atoms with Gasteiger partial charge in [-0.25, -0.2) is 9.59 Å². The molecule has 8 heteroatoms. The zero-order chi connectivity index (χ0) is 23.8. The van der Waals surface area contributed by atoms with E-state index in [2.05, 4.69) is 0 Å². The number of ether oxygens (including phenoxy) is 2. The molecule has 1 fully saturated rings. The van der Waals surface area contributed by atoms with Crippen LogP contribution in [0.1, 0.15) is 50.5 Å². The molecule has 2 heterocycles. The van der Waals surface area contributed by atoms with Gasteiger partial charge in [0.1, 0.15) is 23.5 Å². The zero-order valence-electron chi connectivity index (χ0n) is 19.5. The van der Waals surface area contributed by atoms with Gasteiger partial charge in [-0.2, -0.15) is 0 Å². The molecule has 0 unspecified atom stereocenters. The Balaban J connectivity index is 1.44. The number of carbonyl (C=O) groups excluding carboxylic acids is 1. The van der Waals surface area contributed by atoms with Crippen molar-refractivity contribution in [3.63, 3.8) is 0 Å². The highest BCUT2D eigenvalue weighted by molar-refractivity contribution is 6.62. The van der Waals surface area contributed by atoms with Crippen molar-refractivity contribution in [2.75, 3.05) is 6.61 Å². The molecule has 0 atom stereocenters. The van der Waals surface area contributed by atoms with Crippen LogP contribution in [0.5, 0.6) is 5.75 Å². The molecule has 4 rings (SSSR count). The molecule has 1 aromatic heterocycles. The Bertz CT molecular complexity index is 1210. The van der Waals surface area contributed by atoms with E-state index in [1.807, 2.05) is 52.0 Å². The summed E-state index contributed by atoms with van der Waals surface area (Å²) in [5.41, 5.74) is 0.610. The molecule has 172 valence electrons. The average molecular weight is 450 g/mol. The van der Waals surface area contributed by atoms with Crippen LogP contribution in [0.25, 0.3) is 11.0 Å². The highest BCUT2D eigenvalue weighted by Crippen LogP contribution is 2.36. The largest absolute Gasteiger partial charge is 0.494 e. The van der Waals surface area contributed by atoms with Crippen molar-refractivity contribution in [1.29, 1.82) is 0 Å². The highest BCUT2D eigenvalue weighted by Gasteiger charge is 2.51. The lowest BCUT2D eigenvalue weighted by atomic mass is 9.79. The molecular weight excluding hydrogens is 423 g/mol. The minimum Gasteiger partial charge on any atom is -0.489 e. The summed E-state index contributed by atoms with van der Waals surface area (Å²) in [4.78, 5) is 24.0. The average Bonchev–Trinajstić information content (AvgIpc) is 2.99. The Kier molecular flexibility index (Phi) is 6.07. The maximum atomic E-state index is 12.1. The van der Waals surface area contributed by atoms with Crippen LogP contribution in [0, 0.1) is 0 Å². The number of hydrogen-bond donors (Lipinski definition) is 0. The number of carbonyl (C=O) groups is 1. The smallest absolute Gasteiger partial charge is 0.489 e. The topological polar surface area (TPSA) is 84.2 Å². The maximum Gasteiger partial charge on any atom is 0.494 e. The van der Waals surface area contributed by atoms with E-state index in [9.17, 15) is 9.59 Å². The predicted octanol–water partition coefficient (Wildman–Crippen LogP) is 3.85. The molecule has 0 saturated carbocycles. The summed E-state index contributed by atoms with van der Waals surface area (Å²) in [6, 6.07) is 14.5. The predicted molar refractivity (Wildman–Crippen MR) is 125 cm³/mol. The van der Waals surface area contributed by atoms with E-state index in [4.69, 9.17) is 23.2 Å². The first-order chi connectivity index (χ1) is 15.6. The zero-order valence-corrected chi connectivity index (χ0v) is 19.5. The van der Waals surface area contributed by atoms with Crippen LogP contribution in [-0.4, -0.2) is 30.9 Å². The summed E-state index contributed by atoms with van der Waals surface area (Å²) in [7, 11) is -0.409. The second-order valence-corrected chi connectivity index (χ2v) is 8.99. The van der Waals surface area contributed by atoms with Crippen molar-refractivity contribution >= 4 is 29.5 Å². The minimum atomic E-state index is -0.739. The van der Waals surface area contributed by atoms with Crippen molar-refractivity contribution in [1.82, 2.24) is 0 Å². The Morgan fingerprint density at radius 3 is 2.27 bits per heavy atom. The molecule has 0 spiro atoms. The number of hydrogen-bond acceptors (Lipinski definition) is 7. The lowest BCUT2D eigenvalue weighted by Crippen LogP contribution is -2.41. The van der Waals surface area contributed by atoms with Crippen LogP contribution < -0.4 is 15.8 Å². The van der Waals surface area contributed by atoms with Crippen molar-refractivity contribution in [2.45, 2.75) is 52.4 Å². The normalized spacial score (nSPS) is 16.7. The van der Waals surface area contributed by atoms with Crippen molar-refractivity contribution < 1.29 is 28.0 Å². The molecule has 0 N–H and O–H groups in total. The van der Waals surface area contributed by atoms with E-state index in [1.54, 1.807) is 25.1 Å².